The van der Waals surface area contributed by atoms with E-state index in [0.717, 1.165) is 33.1 Å². The number of thioether (sulfide) groups is 1. The van der Waals surface area contributed by atoms with Gasteiger partial charge in [-0.1, -0.05) is 52.0 Å². The number of halogens is 3. The van der Waals surface area contributed by atoms with Crippen LogP contribution in [0.2, 0.25) is 0 Å². The van der Waals surface area contributed by atoms with Crippen LogP contribution < -0.4 is 5.32 Å². The topological polar surface area (TPSA) is 106 Å². The van der Waals surface area contributed by atoms with Crippen molar-refractivity contribution >= 4 is 45.2 Å². The van der Waals surface area contributed by atoms with E-state index in [1.807, 2.05) is 24.3 Å². The van der Waals surface area contributed by atoms with Crippen molar-refractivity contribution in [2.24, 2.45) is 5.10 Å². The molecule has 9 nitrogen and oxygen atoms in total. The molecule has 0 saturated carbocycles. The van der Waals surface area contributed by atoms with Crippen LogP contribution in [0, 0.1) is 11.6 Å². The van der Waals surface area contributed by atoms with E-state index in [1.165, 1.54) is 41.6 Å². The summed E-state index contributed by atoms with van der Waals surface area (Å²) in [7, 11) is 0. The molecule has 5 aromatic rings. The number of rotatable bonds is 9. The number of nitrogens with one attached hydrogen (secondary N) is 1. The normalized spacial score (nSPS) is 14.5. The van der Waals surface area contributed by atoms with E-state index in [1.54, 1.807) is 34.9 Å². The SMILES string of the molecule is O=C(NCc1nnc(SCC(=O)N2N=C(c3ccc(Br)cc3)CC2c2ccc(F)cc2)n1-c1ccc(F)cc1)c1ccco1. The molecule has 0 spiro atoms. The first-order valence-electron chi connectivity index (χ1n) is 13.4. The monoisotopic (exact) mass is 676 g/mol. The molecule has 6 rings (SSSR count). The van der Waals surface area contributed by atoms with Gasteiger partial charge in [-0.3, -0.25) is 14.2 Å². The summed E-state index contributed by atoms with van der Waals surface area (Å²) in [6.07, 6.45) is 1.85. The van der Waals surface area contributed by atoms with Gasteiger partial charge in [0.2, 0.25) is 0 Å². The first-order chi connectivity index (χ1) is 21.4. The highest BCUT2D eigenvalue weighted by atomic mass is 79.9. The Balaban J connectivity index is 1.25. The number of aromatic nitrogens is 3. The van der Waals surface area contributed by atoms with Crippen molar-refractivity contribution < 1.29 is 22.8 Å². The van der Waals surface area contributed by atoms with Crippen LogP contribution in [0.25, 0.3) is 5.69 Å². The van der Waals surface area contributed by atoms with Gasteiger partial charge >= 0.3 is 0 Å². The number of hydrazone groups is 1. The molecule has 1 N–H and O–H groups in total. The van der Waals surface area contributed by atoms with Crippen molar-refractivity contribution in [3.8, 4) is 5.69 Å². The predicted octanol–water partition coefficient (Wildman–Crippen LogP) is 6.30. The zero-order valence-corrected chi connectivity index (χ0v) is 25.3. The van der Waals surface area contributed by atoms with Crippen LogP contribution in [0.15, 0.2) is 110 Å². The molecule has 0 aliphatic carbocycles. The Morgan fingerprint density at radius 3 is 2.34 bits per heavy atom. The summed E-state index contributed by atoms with van der Waals surface area (Å²) < 4.78 is 35.2. The van der Waals surface area contributed by atoms with Crippen LogP contribution in [0.1, 0.15) is 40.0 Å². The minimum Gasteiger partial charge on any atom is -0.459 e. The summed E-state index contributed by atoms with van der Waals surface area (Å²) in [4.78, 5) is 26.1. The minimum absolute atomic E-state index is 0.00196. The molecular formula is C31H23BrF2N6O3S. The Hall–Kier alpha value is -4.62. The third-order valence-corrected chi connectivity index (χ3v) is 8.30. The fourth-order valence-electron chi connectivity index (χ4n) is 4.71. The molecule has 0 radical (unpaired) electrons. The molecule has 0 bridgehead atoms. The van der Waals surface area contributed by atoms with Gasteiger partial charge in [0.1, 0.15) is 11.6 Å². The van der Waals surface area contributed by atoms with Gasteiger partial charge in [0.15, 0.2) is 16.7 Å². The smallest absolute Gasteiger partial charge is 0.287 e. The fraction of sp³-hybridized carbons (Fsp3) is 0.129. The summed E-state index contributed by atoms with van der Waals surface area (Å²) in [5.41, 5.74) is 2.91. The van der Waals surface area contributed by atoms with Gasteiger partial charge < -0.3 is 9.73 Å². The number of carbonyl (C=O) groups excluding carboxylic acids is 2. The van der Waals surface area contributed by atoms with E-state index in [9.17, 15) is 18.4 Å². The number of hydrogen-bond acceptors (Lipinski definition) is 7. The highest BCUT2D eigenvalue weighted by Crippen LogP contribution is 2.34. The van der Waals surface area contributed by atoms with Gasteiger partial charge in [0, 0.05) is 16.6 Å². The van der Waals surface area contributed by atoms with E-state index in [0.29, 0.717) is 23.1 Å². The van der Waals surface area contributed by atoms with E-state index >= 15 is 0 Å². The Kier molecular flexibility index (Phi) is 8.66. The van der Waals surface area contributed by atoms with Crippen LogP contribution in [0.4, 0.5) is 8.78 Å². The predicted molar refractivity (Wildman–Crippen MR) is 163 cm³/mol. The molecule has 1 unspecified atom stereocenters. The van der Waals surface area contributed by atoms with Crippen LogP contribution in [-0.4, -0.2) is 43.1 Å². The molecule has 222 valence electrons. The number of benzene rings is 3. The maximum Gasteiger partial charge on any atom is 0.287 e. The van der Waals surface area contributed by atoms with Crippen molar-refractivity contribution in [1.29, 1.82) is 0 Å². The van der Waals surface area contributed by atoms with Crippen molar-refractivity contribution in [1.82, 2.24) is 25.1 Å². The van der Waals surface area contributed by atoms with Crippen LogP contribution in [-0.2, 0) is 11.3 Å². The number of hydrogen-bond donors (Lipinski definition) is 1. The van der Waals surface area contributed by atoms with E-state index in [2.05, 4.69) is 36.5 Å². The average Bonchev–Trinajstić information content (AvgIpc) is 3.81. The molecule has 2 amide bonds. The Bertz CT molecular complexity index is 1810. The summed E-state index contributed by atoms with van der Waals surface area (Å²) in [5, 5.41) is 17.7. The van der Waals surface area contributed by atoms with Gasteiger partial charge in [0.25, 0.3) is 11.8 Å². The second kappa shape index (κ2) is 12.9. The molecule has 1 aliphatic rings. The lowest BCUT2D eigenvalue weighted by Gasteiger charge is -2.22. The second-order valence-corrected chi connectivity index (χ2v) is 11.6. The van der Waals surface area contributed by atoms with Gasteiger partial charge in [0.05, 0.1) is 30.3 Å². The molecule has 2 aromatic heterocycles. The molecule has 1 aliphatic heterocycles. The molecule has 3 aromatic carbocycles. The summed E-state index contributed by atoms with van der Waals surface area (Å²) in [5.74, 6) is -1.06. The number of furan rings is 1. The molecule has 44 heavy (non-hydrogen) atoms. The quantitative estimate of drug-likeness (QED) is 0.184. The fourth-order valence-corrected chi connectivity index (χ4v) is 5.79. The maximum atomic E-state index is 13.7. The molecular weight excluding hydrogens is 654 g/mol. The molecule has 3 heterocycles. The molecule has 0 saturated heterocycles. The molecule has 1 atom stereocenters. The van der Waals surface area contributed by atoms with Crippen molar-refractivity contribution in [3.05, 3.63) is 130 Å². The highest BCUT2D eigenvalue weighted by molar-refractivity contribution is 9.10. The first kappa shape index (κ1) is 29.5. The van der Waals surface area contributed by atoms with E-state index in [-0.39, 0.29) is 29.8 Å². The molecule has 0 fully saturated rings. The minimum atomic E-state index is -0.437. The Morgan fingerprint density at radius 1 is 0.955 bits per heavy atom. The summed E-state index contributed by atoms with van der Waals surface area (Å²) in [6, 6.07) is 22.1. The lowest BCUT2D eigenvalue weighted by Crippen LogP contribution is -2.28. The number of amides is 2. The van der Waals surface area contributed by atoms with Crippen LogP contribution in [0.5, 0.6) is 0 Å². The average molecular weight is 678 g/mol. The maximum absolute atomic E-state index is 13.7. The number of nitrogens with zero attached hydrogens (tertiary/aromatic N) is 5. The van der Waals surface area contributed by atoms with Gasteiger partial charge in [-0.05, 0) is 71.8 Å². The Labute approximate surface area is 263 Å². The summed E-state index contributed by atoms with van der Waals surface area (Å²) >= 11 is 4.57. The van der Waals surface area contributed by atoms with E-state index < -0.39 is 17.8 Å². The third-order valence-electron chi connectivity index (χ3n) is 6.86. The summed E-state index contributed by atoms with van der Waals surface area (Å²) in [6.45, 7) is -0.00196. The number of carbonyl (C=O) groups is 2. The zero-order valence-electron chi connectivity index (χ0n) is 22.9. The van der Waals surface area contributed by atoms with E-state index in [4.69, 9.17) is 4.42 Å². The van der Waals surface area contributed by atoms with Gasteiger partial charge in [-0.25, -0.2) is 13.8 Å². The van der Waals surface area contributed by atoms with Gasteiger partial charge in [-0.15, -0.1) is 10.2 Å². The van der Waals surface area contributed by atoms with Crippen LogP contribution in [0.3, 0.4) is 0 Å². The lowest BCUT2D eigenvalue weighted by molar-refractivity contribution is -0.130. The third kappa shape index (κ3) is 6.48. The highest BCUT2D eigenvalue weighted by Gasteiger charge is 2.33. The second-order valence-electron chi connectivity index (χ2n) is 9.72. The Morgan fingerprint density at radius 2 is 1.66 bits per heavy atom. The van der Waals surface area contributed by atoms with Gasteiger partial charge in [-0.2, -0.15) is 5.10 Å². The van der Waals surface area contributed by atoms with Crippen molar-refractivity contribution in [3.63, 3.8) is 0 Å². The zero-order chi connectivity index (χ0) is 30.6. The first-order valence-corrected chi connectivity index (χ1v) is 15.2. The van der Waals surface area contributed by atoms with Crippen LogP contribution >= 0.6 is 27.7 Å². The molecule has 13 heteroatoms. The standard InChI is InChI=1S/C31H23BrF2N6O3S/c32-21-7-3-19(4-8-21)25-16-26(20-5-9-22(33)10-6-20)40(38-25)29(41)18-44-31-37-36-28(17-35-30(42)27-2-1-15-43-27)39(31)24-13-11-23(34)12-14-24/h1-15,26H,16-18H2,(H,35,42). The largest absolute Gasteiger partial charge is 0.459 e. The lowest BCUT2D eigenvalue weighted by atomic mass is 9.98. The van der Waals surface area contributed by atoms with Crippen molar-refractivity contribution in [2.45, 2.75) is 24.2 Å². The van der Waals surface area contributed by atoms with Crippen molar-refractivity contribution in [2.75, 3.05) is 5.75 Å².